The Morgan fingerprint density at radius 1 is 1.30 bits per heavy atom. The van der Waals surface area contributed by atoms with Gasteiger partial charge in [-0.3, -0.25) is 0 Å². The van der Waals surface area contributed by atoms with Crippen molar-refractivity contribution in [3.8, 4) is 22.1 Å². The summed E-state index contributed by atoms with van der Waals surface area (Å²) in [6.07, 6.45) is 0. The summed E-state index contributed by atoms with van der Waals surface area (Å²) in [5, 5.41) is 10.3. The zero-order chi connectivity index (χ0) is 14.1. The Balaban J connectivity index is 2.13. The van der Waals surface area contributed by atoms with E-state index in [9.17, 15) is 9.50 Å². The number of thiazole rings is 1. The SMILES string of the molecule is CCOc1ccc2nc(-c3c(O)cccc3F)sc2c1. The highest BCUT2D eigenvalue weighted by molar-refractivity contribution is 7.21. The van der Waals surface area contributed by atoms with E-state index < -0.39 is 5.82 Å². The zero-order valence-corrected chi connectivity index (χ0v) is 11.6. The maximum Gasteiger partial charge on any atom is 0.137 e. The van der Waals surface area contributed by atoms with Crippen LogP contribution in [0.1, 0.15) is 6.92 Å². The average Bonchev–Trinajstić information content (AvgIpc) is 2.81. The molecule has 2 aromatic carbocycles. The van der Waals surface area contributed by atoms with E-state index in [4.69, 9.17) is 4.74 Å². The van der Waals surface area contributed by atoms with Crippen LogP contribution < -0.4 is 4.74 Å². The molecule has 0 saturated carbocycles. The second-order valence-electron chi connectivity index (χ2n) is 4.22. The van der Waals surface area contributed by atoms with E-state index in [2.05, 4.69) is 4.98 Å². The first kappa shape index (κ1) is 12.9. The zero-order valence-electron chi connectivity index (χ0n) is 10.8. The third-order valence-electron chi connectivity index (χ3n) is 2.88. The molecule has 0 atom stereocenters. The van der Waals surface area contributed by atoms with Crippen molar-refractivity contribution in [2.75, 3.05) is 6.61 Å². The number of nitrogens with zero attached hydrogens (tertiary/aromatic N) is 1. The molecule has 0 unspecified atom stereocenters. The Labute approximate surface area is 119 Å². The highest BCUT2D eigenvalue weighted by atomic mass is 32.1. The van der Waals surface area contributed by atoms with Crippen LogP contribution in [-0.4, -0.2) is 16.7 Å². The molecular formula is C15H12FNO2S. The number of ether oxygens (including phenoxy) is 1. The van der Waals surface area contributed by atoms with Crippen molar-refractivity contribution in [1.29, 1.82) is 0 Å². The Morgan fingerprint density at radius 2 is 2.15 bits per heavy atom. The molecule has 3 nitrogen and oxygen atoms in total. The molecule has 0 spiro atoms. The summed E-state index contributed by atoms with van der Waals surface area (Å²) in [5.41, 5.74) is 0.905. The van der Waals surface area contributed by atoms with E-state index in [1.807, 2.05) is 25.1 Å². The molecule has 20 heavy (non-hydrogen) atoms. The Morgan fingerprint density at radius 3 is 2.90 bits per heavy atom. The van der Waals surface area contributed by atoms with Crippen LogP contribution in [0.4, 0.5) is 4.39 Å². The molecule has 0 radical (unpaired) electrons. The Bertz CT molecular complexity index is 749. The minimum absolute atomic E-state index is 0.103. The number of phenolic OH excluding ortho intramolecular Hbond substituents is 1. The fraction of sp³-hybridized carbons (Fsp3) is 0.133. The number of hydrogen-bond donors (Lipinski definition) is 1. The third kappa shape index (κ3) is 2.20. The van der Waals surface area contributed by atoms with E-state index in [-0.39, 0.29) is 11.3 Å². The van der Waals surface area contributed by atoms with Crippen molar-refractivity contribution in [3.63, 3.8) is 0 Å². The summed E-state index contributed by atoms with van der Waals surface area (Å²) in [7, 11) is 0. The number of halogens is 1. The van der Waals surface area contributed by atoms with Gasteiger partial charge in [-0.25, -0.2) is 9.37 Å². The van der Waals surface area contributed by atoms with Gasteiger partial charge in [-0.1, -0.05) is 6.07 Å². The largest absolute Gasteiger partial charge is 0.507 e. The monoisotopic (exact) mass is 289 g/mol. The van der Waals surface area contributed by atoms with Crippen molar-refractivity contribution < 1.29 is 14.2 Å². The van der Waals surface area contributed by atoms with Gasteiger partial charge in [-0.2, -0.15) is 0 Å². The molecule has 0 bridgehead atoms. The van der Waals surface area contributed by atoms with Crippen LogP contribution >= 0.6 is 11.3 Å². The van der Waals surface area contributed by atoms with Gasteiger partial charge in [-0.05, 0) is 37.3 Å². The summed E-state index contributed by atoms with van der Waals surface area (Å²) < 4.78 is 20.2. The lowest BCUT2D eigenvalue weighted by Crippen LogP contribution is -1.89. The van der Waals surface area contributed by atoms with E-state index in [1.165, 1.54) is 29.5 Å². The van der Waals surface area contributed by atoms with Crippen molar-refractivity contribution in [1.82, 2.24) is 4.98 Å². The summed E-state index contributed by atoms with van der Waals surface area (Å²) in [4.78, 5) is 4.37. The lowest BCUT2D eigenvalue weighted by molar-refractivity contribution is 0.341. The van der Waals surface area contributed by atoms with Crippen molar-refractivity contribution in [2.45, 2.75) is 6.92 Å². The number of aromatic nitrogens is 1. The molecule has 1 aromatic heterocycles. The Kier molecular flexibility index (Phi) is 3.28. The minimum Gasteiger partial charge on any atom is -0.507 e. The lowest BCUT2D eigenvalue weighted by Gasteiger charge is -2.01. The predicted octanol–water partition coefficient (Wildman–Crippen LogP) is 4.21. The Hall–Kier alpha value is -2.14. The fourth-order valence-corrected chi connectivity index (χ4v) is 3.04. The molecule has 3 aromatic rings. The van der Waals surface area contributed by atoms with Gasteiger partial charge in [0.2, 0.25) is 0 Å². The number of hydrogen-bond acceptors (Lipinski definition) is 4. The number of fused-ring (bicyclic) bond motifs is 1. The fourth-order valence-electron chi connectivity index (χ4n) is 1.99. The average molecular weight is 289 g/mol. The van der Waals surface area contributed by atoms with E-state index in [0.717, 1.165) is 16.0 Å². The lowest BCUT2D eigenvalue weighted by atomic mass is 10.2. The van der Waals surface area contributed by atoms with Gasteiger partial charge in [-0.15, -0.1) is 11.3 Å². The molecule has 0 aliphatic rings. The first-order valence-electron chi connectivity index (χ1n) is 6.20. The third-order valence-corrected chi connectivity index (χ3v) is 3.91. The molecule has 0 aliphatic heterocycles. The maximum atomic E-state index is 13.8. The second kappa shape index (κ2) is 5.09. The number of phenols is 1. The van der Waals surface area contributed by atoms with Gasteiger partial charge in [0.25, 0.3) is 0 Å². The number of benzene rings is 2. The van der Waals surface area contributed by atoms with E-state index in [1.54, 1.807) is 0 Å². The molecule has 5 heteroatoms. The van der Waals surface area contributed by atoms with Crippen LogP contribution in [0.5, 0.6) is 11.5 Å². The predicted molar refractivity (Wildman–Crippen MR) is 77.8 cm³/mol. The molecule has 1 N–H and O–H groups in total. The number of rotatable bonds is 3. The smallest absolute Gasteiger partial charge is 0.137 e. The molecule has 3 rings (SSSR count). The summed E-state index contributed by atoms with van der Waals surface area (Å²) in [5.74, 6) is 0.177. The van der Waals surface area contributed by atoms with Crippen LogP contribution in [0.25, 0.3) is 20.8 Å². The molecule has 0 saturated heterocycles. The first-order valence-corrected chi connectivity index (χ1v) is 7.02. The summed E-state index contributed by atoms with van der Waals surface area (Å²) in [6, 6.07) is 9.77. The van der Waals surface area contributed by atoms with Gasteiger partial charge < -0.3 is 9.84 Å². The van der Waals surface area contributed by atoms with Crippen molar-refractivity contribution in [3.05, 3.63) is 42.2 Å². The normalized spacial score (nSPS) is 10.9. The number of aromatic hydroxyl groups is 1. The van der Waals surface area contributed by atoms with Crippen LogP contribution in [0, 0.1) is 5.82 Å². The van der Waals surface area contributed by atoms with Gasteiger partial charge in [0.15, 0.2) is 0 Å². The van der Waals surface area contributed by atoms with Crippen LogP contribution in [0.2, 0.25) is 0 Å². The first-order chi connectivity index (χ1) is 9.69. The highest BCUT2D eigenvalue weighted by Crippen LogP contribution is 2.37. The van der Waals surface area contributed by atoms with Crippen molar-refractivity contribution in [2.24, 2.45) is 0 Å². The molecule has 1 heterocycles. The summed E-state index contributed by atoms with van der Waals surface area (Å²) >= 11 is 1.33. The van der Waals surface area contributed by atoms with E-state index >= 15 is 0 Å². The van der Waals surface area contributed by atoms with Gasteiger partial charge in [0.05, 0.1) is 22.4 Å². The minimum atomic E-state index is -0.478. The maximum absolute atomic E-state index is 13.8. The quantitative estimate of drug-likeness (QED) is 0.785. The summed E-state index contributed by atoms with van der Waals surface area (Å²) in [6.45, 7) is 2.50. The topological polar surface area (TPSA) is 42.4 Å². The van der Waals surface area contributed by atoms with Gasteiger partial charge >= 0.3 is 0 Å². The van der Waals surface area contributed by atoms with Crippen molar-refractivity contribution >= 4 is 21.6 Å². The van der Waals surface area contributed by atoms with E-state index in [0.29, 0.717) is 11.6 Å². The van der Waals surface area contributed by atoms with Crippen LogP contribution in [0.15, 0.2) is 36.4 Å². The molecular weight excluding hydrogens is 277 g/mol. The van der Waals surface area contributed by atoms with Gasteiger partial charge in [0, 0.05) is 0 Å². The van der Waals surface area contributed by atoms with Crippen LogP contribution in [-0.2, 0) is 0 Å². The molecule has 0 aliphatic carbocycles. The molecule has 0 fully saturated rings. The highest BCUT2D eigenvalue weighted by Gasteiger charge is 2.15. The second-order valence-corrected chi connectivity index (χ2v) is 5.25. The van der Waals surface area contributed by atoms with Gasteiger partial charge in [0.1, 0.15) is 22.3 Å². The molecule has 102 valence electrons. The standard InChI is InChI=1S/C15H12FNO2S/c1-2-19-9-6-7-11-13(8-9)20-15(17-11)14-10(16)4-3-5-12(14)18/h3-8,18H,2H2,1H3. The van der Waals surface area contributed by atoms with Crippen LogP contribution in [0.3, 0.4) is 0 Å². The molecule has 0 amide bonds.